The Kier molecular flexibility index (Phi) is 4.62. The van der Waals surface area contributed by atoms with Crippen LogP contribution in [0, 0.1) is 0 Å². The van der Waals surface area contributed by atoms with Gasteiger partial charge in [-0.1, -0.05) is 6.07 Å². The first-order chi connectivity index (χ1) is 6.68. The van der Waals surface area contributed by atoms with Gasteiger partial charge in [-0.05, 0) is 24.8 Å². The fraction of sp³-hybridized carbons (Fsp3) is 0.500. The molecule has 1 heterocycles. The third-order valence-electron chi connectivity index (χ3n) is 1.93. The van der Waals surface area contributed by atoms with Gasteiger partial charge in [0.2, 0.25) is 0 Å². The van der Waals surface area contributed by atoms with Gasteiger partial charge >= 0.3 is 5.97 Å². The highest BCUT2D eigenvalue weighted by atomic mass is 32.1. The van der Waals surface area contributed by atoms with Crippen LogP contribution < -0.4 is 5.32 Å². The minimum absolute atomic E-state index is 0.0486. The first-order valence-electron chi connectivity index (χ1n) is 4.66. The molecule has 0 amide bonds. The lowest BCUT2D eigenvalue weighted by Gasteiger charge is -2.10. The van der Waals surface area contributed by atoms with Crippen molar-refractivity contribution in [1.29, 1.82) is 0 Å². The summed E-state index contributed by atoms with van der Waals surface area (Å²) in [5, 5.41) is 13.8. The topological polar surface area (TPSA) is 49.3 Å². The van der Waals surface area contributed by atoms with Gasteiger partial charge < -0.3 is 10.4 Å². The SMILES string of the molecule is CC(CC(=O)O)NCCc1cccs1. The summed E-state index contributed by atoms with van der Waals surface area (Å²) in [6.45, 7) is 2.73. The summed E-state index contributed by atoms with van der Waals surface area (Å²) in [5.74, 6) is -0.749. The second kappa shape index (κ2) is 5.78. The van der Waals surface area contributed by atoms with Gasteiger partial charge in [0.25, 0.3) is 0 Å². The van der Waals surface area contributed by atoms with E-state index < -0.39 is 5.97 Å². The summed E-state index contributed by atoms with van der Waals surface area (Å²) in [7, 11) is 0. The Morgan fingerprint density at radius 2 is 2.50 bits per heavy atom. The molecule has 1 aromatic rings. The molecule has 0 saturated heterocycles. The minimum Gasteiger partial charge on any atom is -0.481 e. The number of carboxylic acid groups (broad SMARTS) is 1. The molecule has 2 N–H and O–H groups in total. The van der Waals surface area contributed by atoms with Gasteiger partial charge in [0.1, 0.15) is 0 Å². The summed E-state index contributed by atoms with van der Waals surface area (Å²) in [4.78, 5) is 11.7. The molecule has 0 aliphatic heterocycles. The van der Waals surface area contributed by atoms with E-state index in [0.717, 1.165) is 13.0 Å². The van der Waals surface area contributed by atoms with Crippen LogP contribution in [0.25, 0.3) is 0 Å². The molecule has 0 aromatic carbocycles. The molecule has 0 aliphatic rings. The molecule has 1 unspecified atom stereocenters. The number of hydrogen-bond acceptors (Lipinski definition) is 3. The van der Waals surface area contributed by atoms with Crippen LogP contribution in [0.1, 0.15) is 18.2 Å². The van der Waals surface area contributed by atoms with E-state index in [0.29, 0.717) is 0 Å². The number of carboxylic acids is 1. The van der Waals surface area contributed by atoms with Gasteiger partial charge in [-0.3, -0.25) is 4.79 Å². The molecule has 3 nitrogen and oxygen atoms in total. The van der Waals surface area contributed by atoms with Gasteiger partial charge in [-0.25, -0.2) is 0 Å². The van der Waals surface area contributed by atoms with E-state index in [1.807, 2.05) is 13.0 Å². The van der Waals surface area contributed by atoms with Crippen LogP contribution in [0.15, 0.2) is 17.5 Å². The molecule has 0 bridgehead atoms. The van der Waals surface area contributed by atoms with Crippen LogP contribution >= 0.6 is 11.3 Å². The largest absolute Gasteiger partial charge is 0.481 e. The van der Waals surface area contributed by atoms with Gasteiger partial charge in [0.15, 0.2) is 0 Å². The molecular formula is C10H15NO2S. The lowest BCUT2D eigenvalue weighted by Crippen LogP contribution is -2.30. The second-order valence-electron chi connectivity index (χ2n) is 3.28. The minimum atomic E-state index is -0.749. The van der Waals surface area contributed by atoms with E-state index in [9.17, 15) is 4.79 Å². The van der Waals surface area contributed by atoms with Crippen molar-refractivity contribution in [1.82, 2.24) is 5.32 Å². The molecule has 0 aliphatic carbocycles. The van der Waals surface area contributed by atoms with E-state index in [4.69, 9.17) is 5.11 Å². The molecule has 0 fully saturated rings. The Balaban J connectivity index is 2.12. The van der Waals surface area contributed by atoms with Crippen LogP contribution in [-0.4, -0.2) is 23.7 Å². The van der Waals surface area contributed by atoms with Crippen LogP contribution in [0.2, 0.25) is 0 Å². The van der Waals surface area contributed by atoms with Crippen molar-refractivity contribution in [3.8, 4) is 0 Å². The molecule has 1 aromatic heterocycles. The summed E-state index contributed by atoms with van der Waals surface area (Å²) in [5.41, 5.74) is 0. The molecule has 14 heavy (non-hydrogen) atoms. The lowest BCUT2D eigenvalue weighted by atomic mass is 10.2. The fourth-order valence-electron chi connectivity index (χ4n) is 1.23. The van der Waals surface area contributed by atoms with E-state index >= 15 is 0 Å². The maximum atomic E-state index is 10.4. The molecule has 0 spiro atoms. The maximum Gasteiger partial charge on any atom is 0.304 e. The molecule has 0 radical (unpaired) electrons. The number of thiophene rings is 1. The fourth-order valence-corrected chi connectivity index (χ4v) is 1.94. The Labute approximate surface area is 87.8 Å². The van der Waals surface area contributed by atoms with Crippen molar-refractivity contribution in [3.05, 3.63) is 22.4 Å². The predicted molar refractivity (Wildman–Crippen MR) is 57.7 cm³/mol. The van der Waals surface area contributed by atoms with Crippen molar-refractivity contribution >= 4 is 17.3 Å². The quantitative estimate of drug-likeness (QED) is 0.756. The zero-order chi connectivity index (χ0) is 10.4. The summed E-state index contributed by atoms with van der Waals surface area (Å²) in [6, 6.07) is 4.17. The van der Waals surface area contributed by atoms with Crippen LogP contribution in [0.5, 0.6) is 0 Å². The third-order valence-corrected chi connectivity index (χ3v) is 2.86. The van der Waals surface area contributed by atoms with Crippen molar-refractivity contribution in [3.63, 3.8) is 0 Å². The molecule has 0 saturated carbocycles. The highest BCUT2D eigenvalue weighted by molar-refractivity contribution is 7.09. The number of rotatable bonds is 6. The van der Waals surface area contributed by atoms with E-state index in [1.54, 1.807) is 11.3 Å². The first-order valence-corrected chi connectivity index (χ1v) is 5.54. The highest BCUT2D eigenvalue weighted by Gasteiger charge is 2.05. The number of aliphatic carboxylic acids is 1. The van der Waals surface area contributed by atoms with Gasteiger partial charge in [0, 0.05) is 17.5 Å². The normalized spacial score (nSPS) is 12.6. The Hall–Kier alpha value is -0.870. The van der Waals surface area contributed by atoms with Gasteiger partial charge in [-0.15, -0.1) is 11.3 Å². The zero-order valence-corrected chi connectivity index (χ0v) is 9.01. The average molecular weight is 213 g/mol. The lowest BCUT2D eigenvalue weighted by molar-refractivity contribution is -0.137. The molecule has 1 rings (SSSR count). The highest BCUT2D eigenvalue weighted by Crippen LogP contribution is 2.08. The second-order valence-corrected chi connectivity index (χ2v) is 4.31. The van der Waals surface area contributed by atoms with E-state index in [2.05, 4.69) is 16.8 Å². The van der Waals surface area contributed by atoms with Gasteiger partial charge in [-0.2, -0.15) is 0 Å². The maximum absolute atomic E-state index is 10.4. The van der Waals surface area contributed by atoms with Crippen molar-refractivity contribution < 1.29 is 9.90 Å². The Morgan fingerprint density at radius 1 is 1.71 bits per heavy atom. The summed E-state index contributed by atoms with van der Waals surface area (Å²) < 4.78 is 0. The first kappa shape index (κ1) is 11.2. The van der Waals surface area contributed by atoms with Crippen molar-refractivity contribution in [2.45, 2.75) is 25.8 Å². The van der Waals surface area contributed by atoms with E-state index in [1.165, 1.54) is 4.88 Å². The molecule has 1 atom stereocenters. The van der Waals surface area contributed by atoms with Crippen molar-refractivity contribution in [2.24, 2.45) is 0 Å². The number of nitrogens with one attached hydrogen (secondary N) is 1. The van der Waals surface area contributed by atoms with Crippen LogP contribution in [0.3, 0.4) is 0 Å². The summed E-state index contributed by atoms with van der Waals surface area (Å²) in [6.07, 6.45) is 1.16. The van der Waals surface area contributed by atoms with E-state index in [-0.39, 0.29) is 12.5 Å². The monoisotopic (exact) mass is 213 g/mol. The van der Waals surface area contributed by atoms with Crippen molar-refractivity contribution in [2.75, 3.05) is 6.54 Å². The zero-order valence-electron chi connectivity index (χ0n) is 8.19. The Morgan fingerprint density at radius 3 is 3.07 bits per heavy atom. The molecule has 78 valence electrons. The molecule has 4 heteroatoms. The Bertz CT molecular complexity index is 272. The number of hydrogen-bond donors (Lipinski definition) is 2. The van der Waals surface area contributed by atoms with Crippen LogP contribution in [-0.2, 0) is 11.2 Å². The standard InChI is InChI=1S/C10H15NO2S/c1-8(7-10(12)13)11-5-4-9-3-2-6-14-9/h2-3,6,8,11H,4-5,7H2,1H3,(H,12,13). The average Bonchev–Trinajstić information content (AvgIpc) is 2.55. The number of carbonyl (C=O) groups is 1. The summed E-state index contributed by atoms with van der Waals surface area (Å²) >= 11 is 1.73. The predicted octanol–water partition coefficient (Wildman–Crippen LogP) is 1.74. The smallest absolute Gasteiger partial charge is 0.304 e. The van der Waals surface area contributed by atoms with Gasteiger partial charge in [0.05, 0.1) is 6.42 Å². The molecular weight excluding hydrogens is 198 g/mol. The third kappa shape index (κ3) is 4.39. The van der Waals surface area contributed by atoms with Crippen LogP contribution in [0.4, 0.5) is 0 Å².